The number of hydrogen-bond acceptors (Lipinski definition) is 7. The van der Waals surface area contributed by atoms with Crippen LogP contribution in [-0.2, 0) is 11.3 Å². The number of hydrogen-bond donors (Lipinski definition) is 4. The molecule has 4 N–H and O–H groups in total. The number of nitrogens with one attached hydrogen (secondary N) is 1. The normalized spacial score (nSPS) is 12.7. The van der Waals surface area contributed by atoms with Gasteiger partial charge in [0.25, 0.3) is 0 Å². The summed E-state index contributed by atoms with van der Waals surface area (Å²) in [7, 11) is 1.31. The van der Waals surface area contributed by atoms with Gasteiger partial charge in [-0.15, -0.1) is 0 Å². The molecule has 2 unspecified atom stereocenters. The van der Waals surface area contributed by atoms with Gasteiger partial charge in [-0.1, -0.05) is 30.3 Å². The van der Waals surface area contributed by atoms with Gasteiger partial charge < -0.3 is 30.1 Å². The maximum Gasteiger partial charge on any atom is 0.407 e. The summed E-state index contributed by atoms with van der Waals surface area (Å²) in [4.78, 5) is 22.9. The minimum atomic E-state index is -1.49. The summed E-state index contributed by atoms with van der Waals surface area (Å²) in [6, 6.07) is 11.4. The summed E-state index contributed by atoms with van der Waals surface area (Å²) in [5, 5.41) is 32.4. The number of phenols is 1. The van der Waals surface area contributed by atoms with Gasteiger partial charge in [-0.05, 0) is 23.3 Å². The molecule has 0 aliphatic carbocycles. The van der Waals surface area contributed by atoms with Crippen LogP contribution in [0.3, 0.4) is 0 Å². The Morgan fingerprint density at radius 2 is 1.93 bits per heavy atom. The monoisotopic (exact) mass is 375 g/mol. The molecule has 0 bridgehead atoms. The van der Waals surface area contributed by atoms with Crippen molar-refractivity contribution in [1.29, 1.82) is 0 Å². The lowest BCUT2D eigenvalue weighted by Crippen LogP contribution is -2.36. The first kappa shape index (κ1) is 20.2. The molecule has 2 aromatic rings. The minimum Gasteiger partial charge on any atom is -0.504 e. The van der Waals surface area contributed by atoms with Gasteiger partial charge in [-0.3, -0.25) is 4.79 Å². The maximum absolute atomic E-state index is 11.7. The Labute approximate surface area is 156 Å². The standard InChI is InChI=1S/C19H21NO7/c1-26-17-8-14(13(10-21)7-15(17)22)18(24)16(23)9-20-19(25)27-11-12-5-3-2-4-6-12/h2-8,10,16,18,22-24H,9,11H2,1H3,(H,20,25). The molecule has 144 valence electrons. The van der Waals surface area contributed by atoms with Crippen LogP contribution < -0.4 is 10.1 Å². The number of methoxy groups -OCH3 is 1. The fourth-order valence-electron chi connectivity index (χ4n) is 2.40. The summed E-state index contributed by atoms with van der Waals surface area (Å²) in [5.74, 6) is -0.232. The first-order valence-electron chi connectivity index (χ1n) is 8.13. The number of alkyl carbamates (subject to hydrolysis) is 1. The van der Waals surface area contributed by atoms with Crippen LogP contribution in [0.2, 0.25) is 0 Å². The van der Waals surface area contributed by atoms with E-state index in [9.17, 15) is 24.9 Å². The fourth-order valence-corrected chi connectivity index (χ4v) is 2.40. The quantitative estimate of drug-likeness (QED) is 0.516. The van der Waals surface area contributed by atoms with Gasteiger partial charge in [0.05, 0.1) is 7.11 Å². The van der Waals surface area contributed by atoms with Gasteiger partial charge in [0, 0.05) is 12.1 Å². The number of rotatable bonds is 8. The van der Waals surface area contributed by atoms with Crippen molar-refractivity contribution in [2.75, 3.05) is 13.7 Å². The van der Waals surface area contributed by atoms with E-state index in [1.807, 2.05) is 18.2 Å². The molecule has 0 aliphatic heterocycles. The van der Waals surface area contributed by atoms with Crippen LogP contribution in [0.15, 0.2) is 42.5 Å². The van der Waals surface area contributed by atoms with E-state index in [1.165, 1.54) is 13.2 Å². The van der Waals surface area contributed by atoms with Gasteiger partial charge >= 0.3 is 6.09 Å². The summed E-state index contributed by atoms with van der Waals surface area (Å²) in [6.07, 6.45) is -3.23. The van der Waals surface area contributed by atoms with E-state index in [1.54, 1.807) is 12.1 Å². The van der Waals surface area contributed by atoms with Crippen LogP contribution in [0.4, 0.5) is 4.79 Å². The fraction of sp³-hybridized carbons (Fsp3) is 0.263. The number of carbonyl (C=O) groups excluding carboxylic acids is 2. The van der Waals surface area contributed by atoms with E-state index in [-0.39, 0.29) is 35.8 Å². The first-order chi connectivity index (χ1) is 13.0. The largest absolute Gasteiger partial charge is 0.504 e. The maximum atomic E-state index is 11.7. The smallest absolute Gasteiger partial charge is 0.407 e. The second-order valence-corrected chi connectivity index (χ2v) is 5.73. The third-order valence-corrected chi connectivity index (χ3v) is 3.86. The zero-order valence-electron chi connectivity index (χ0n) is 14.7. The van der Waals surface area contributed by atoms with E-state index in [4.69, 9.17) is 9.47 Å². The number of benzene rings is 2. The van der Waals surface area contributed by atoms with E-state index < -0.39 is 18.3 Å². The molecule has 0 aliphatic rings. The summed E-state index contributed by atoms with van der Waals surface area (Å²) in [6.45, 7) is -0.244. The van der Waals surface area contributed by atoms with Crippen molar-refractivity contribution in [3.63, 3.8) is 0 Å². The second-order valence-electron chi connectivity index (χ2n) is 5.73. The summed E-state index contributed by atoms with van der Waals surface area (Å²) in [5.41, 5.74) is 0.859. The van der Waals surface area contributed by atoms with Crippen LogP contribution in [0.25, 0.3) is 0 Å². The van der Waals surface area contributed by atoms with Crippen LogP contribution in [-0.4, -0.2) is 47.5 Å². The number of aldehydes is 1. The highest BCUT2D eigenvalue weighted by molar-refractivity contribution is 5.79. The molecule has 2 aromatic carbocycles. The van der Waals surface area contributed by atoms with E-state index >= 15 is 0 Å². The third kappa shape index (κ3) is 5.44. The van der Waals surface area contributed by atoms with Crippen molar-refractivity contribution < 1.29 is 34.4 Å². The molecule has 0 fully saturated rings. The Morgan fingerprint density at radius 1 is 1.22 bits per heavy atom. The van der Waals surface area contributed by atoms with Crippen LogP contribution >= 0.6 is 0 Å². The minimum absolute atomic E-state index is 0.00787. The summed E-state index contributed by atoms with van der Waals surface area (Å²) < 4.78 is 9.95. The molecule has 2 rings (SSSR count). The molecule has 2 atom stereocenters. The molecule has 0 saturated heterocycles. The van der Waals surface area contributed by atoms with Gasteiger partial charge in [0.2, 0.25) is 0 Å². The number of phenolic OH excluding ortho intramolecular Hbond substituents is 1. The van der Waals surface area contributed by atoms with Crippen molar-refractivity contribution in [3.8, 4) is 11.5 Å². The highest BCUT2D eigenvalue weighted by Crippen LogP contribution is 2.32. The highest BCUT2D eigenvalue weighted by atomic mass is 16.5. The molecule has 1 amide bonds. The molecule has 0 saturated carbocycles. The SMILES string of the molecule is COc1cc(C(O)C(O)CNC(=O)OCc2ccccc2)c(C=O)cc1O. The Hall–Kier alpha value is -3.10. The van der Waals surface area contributed by atoms with Crippen molar-refractivity contribution in [3.05, 3.63) is 59.2 Å². The number of aliphatic hydroxyl groups is 2. The number of aromatic hydroxyl groups is 1. The van der Waals surface area contributed by atoms with Crippen molar-refractivity contribution in [2.45, 2.75) is 18.8 Å². The number of amides is 1. The average Bonchev–Trinajstić information content (AvgIpc) is 2.70. The molecule has 8 nitrogen and oxygen atoms in total. The van der Waals surface area contributed by atoms with Gasteiger partial charge in [-0.25, -0.2) is 4.79 Å². The van der Waals surface area contributed by atoms with E-state index in [0.717, 1.165) is 11.6 Å². The zero-order valence-corrected chi connectivity index (χ0v) is 14.7. The molecule has 0 radical (unpaired) electrons. The van der Waals surface area contributed by atoms with Gasteiger partial charge in [0.1, 0.15) is 18.8 Å². The van der Waals surface area contributed by atoms with Crippen LogP contribution in [0.5, 0.6) is 11.5 Å². The second kappa shape index (κ2) is 9.56. The Morgan fingerprint density at radius 3 is 2.56 bits per heavy atom. The molecule has 0 heterocycles. The predicted octanol–water partition coefficient (Wildman–Crippen LogP) is 1.53. The van der Waals surface area contributed by atoms with Gasteiger partial charge in [-0.2, -0.15) is 0 Å². The average molecular weight is 375 g/mol. The first-order valence-corrected chi connectivity index (χ1v) is 8.13. The van der Waals surface area contributed by atoms with Crippen molar-refractivity contribution in [1.82, 2.24) is 5.32 Å². The third-order valence-electron chi connectivity index (χ3n) is 3.86. The molecule has 0 spiro atoms. The van der Waals surface area contributed by atoms with Gasteiger partial charge in [0.15, 0.2) is 17.8 Å². The van der Waals surface area contributed by atoms with E-state index in [2.05, 4.69) is 5.32 Å². The molecule has 27 heavy (non-hydrogen) atoms. The van der Waals surface area contributed by atoms with Crippen LogP contribution in [0, 0.1) is 0 Å². The van der Waals surface area contributed by atoms with Crippen molar-refractivity contribution >= 4 is 12.4 Å². The molecular weight excluding hydrogens is 354 g/mol. The van der Waals surface area contributed by atoms with Crippen molar-refractivity contribution in [2.24, 2.45) is 0 Å². The molecule has 0 aromatic heterocycles. The lowest BCUT2D eigenvalue weighted by Gasteiger charge is -2.20. The number of carbonyl (C=O) groups is 2. The lowest BCUT2D eigenvalue weighted by atomic mass is 9.98. The molecular formula is C19H21NO7. The van der Waals surface area contributed by atoms with E-state index in [0.29, 0.717) is 6.29 Å². The van der Waals surface area contributed by atoms with Crippen LogP contribution in [0.1, 0.15) is 27.6 Å². The molecule has 8 heteroatoms. The Kier molecular flexibility index (Phi) is 7.16. The predicted molar refractivity (Wildman–Crippen MR) is 95.6 cm³/mol. The summed E-state index contributed by atoms with van der Waals surface area (Å²) >= 11 is 0. The topological polar surface area (TPSA) is 125 Å². The Bertz CT molecular complexity index is 779. The zero-order chi connectivity index (χ0) is 19.8. The number of ether oxygens (including phenoxy) is 2. The highest BCUT2D eigenvalue weighted by Gasteiger charge is 2.24. The Balaban J connectivity index is 1.94. The lowest BCUT2D eigenvalue weighted by molar-refractivity contribution is 0.0179. The number of aliphatic hydroxyl groups excluding tert-OH is 2.